The number of carbonyl (C=O) groups is 1. The molecule has 1 aromatic carbocycles. The van der Waals surface area contributed by atoms with E-state index >= 15 is 0 Å². The number of amides is 1. The zero-order valence-corrected chi connectivity index (χ0v) is 12.7. The average Bonchev–Trinajstić information content (AvgIpc) is 3.30. The number of thioether (sulfide) groups is 1. The molecule has 0 aliphatic heterocycles. The van der Waals surface area contributed by atoms with Crippen LogP contribution in [0.5, 0.6) is 0 Å². The third-order valence-electron chi connectivity index (χ3n) is 3.28. The van der Waals surface area contributed by atoms with Crippen molar-refractivity contribution in [2.45, 2.75) is 30.8 Å². The summed E-state index contributed by atoms with van der Waals surface area (Å²) >= 11 is 1.42. The van der Waals surface area contributed by atoms with Gasteiger partial charge in [0, 0.05) is 11.6 Å². The van der Waals surface area contributed by atoms with Gasteiger partial charge < -0.3 is 5.32 Å². The molecule has 0 saturated heterocycles. The normalized spacial score (nSPS) is 14.0. The highest BCUT2D eigenvalue weighted by molar-refractivity contribution is 7.99. The molecule has 0 radical (unpaired) electrons. The predicted octanol–water partition coefficient (Wildman–Crippen LogP) is 2.82. The van der Waals surface area contributed by atoms with E-state index in [4.69, 9.17) is 0 Å². The topological polar surface area (TPSA) is 54.9 Å². The minimum absolute atomic E-state index is 0.0758. The van der Waals surface area contributed by atoms with Crippen molar-refractivity contribution in [3.8, 4) is 11.3 Å². The van der Waals surface area contributed by atoms with Crippen molar-refractivity contribution in [2.24, 2.45) is 0 Å². The molecule has 1 amide bonds. The lowest BCUT2D eigenvalue weighted by molar-refractivity contribution is -0.118. The third-order valence-corrected chi connectivity index (χ3v) is 4.20. The van der Waals surface area contributed by atoms with Gasteiger partial charge in [0.2, 0.25) is 5.91 Å². The summed E-state index contributed by atoms with van der Waals surface area (Å²) < 4.78 is 0. The van der Waals surface area contributed by atoms with Crippen molar-refractivity contribution in [3.63, 3.8) is 0 Å². The first-order chi connectivity index (χ1) is 10.2. The maximum absolute atomic E-state index is 11.6. The molecular weight excluding hydrogens is 282 g/mol. The van der Waals surface area contributed by atoms with Crippen LogP contribution in [0.2, 0.25) is 0 Å². The van der Waals surface area contributed by atoms with Crippen LogP contribution in [0.4, 0.5) is 0 Å². The summed E-state index contributed by atoms with van der Waals surface area (Å²) in [5.41, 5.74) is 3.12. The van der Waals surface area contributed by atoms with Crippen molar-refractivity contribution in [2.75, 3.05) is 5.75 Å². The fraction of sp³-hybridized carbons (Fsp3) is 0.312. The first-order valence-corrected chi connectivity index (χ1v) is 8.02. The first kappa shape index (κ1) is 14.1. The molecule has 0 atom stereocenters. The molecule has 4 nitrogen and oxygen atoms in total. The van der Waals surface area contributed by atoms with Gasteiger partial charge >= 0.3 is 0 Å². The van der Waals surface area contributed by atoms with Crippen molar-refractivity contribution in [1.82, 2.24) is 15.5 Å². The van der Waals surface area contributed by atoms with E-state index in [9.17, 15) is 4.79 Å². The van der Waals surface area contributed by atoms with Crippen LogP contribution < -0.4 is 5.32 Å². The number of hydrogen-bond donors (Lipinski definition) is 1. The summed E-state index contributed by atoms with van der Waals surface area (Å²) in [6.45, 7) is 2.06. The van der Waals surface area contributed by atoms with Crippen LogP contribution in [0.3, 0.4) is 0 Å². The standard InChI is InChI=1S/C16H17N3OS/c1-11-2-4-12(5-3-11)14-8-9-16(19-18-14)21-10-15(20)17-13-6-7-13/h2-5,8-9,13H,6-7,10H2,1H3,(H,17,20). The maximum atomic E-state index is 11.6. The van der Waals surface area contributed by atoms with E-state index in [1.807, 2.05) is 24.3 Å². The third kappa shape index (κ3) is 4.04. The van der Waals surface area contributed by atoms with Gasteiger partial charge in [-0.05, 0) is 31.9 Å². The monoisotopic (exact) mass is 299 g/mol. The van der Waals surface area contributed by atoms with Crippen molar-refractivity contribution in [1.29, 1.82) is 0 Å². The molecule has 1 aliphatic carbocycles. The summed E-state index contributed by atoms with van der Waals surface area (Å²) in [5.74, 6) is 0.474. The van der Waals surface area contributed by atoms with Crippen LogP contribution in [0.1, 0.15) is 18.4 Å². The molecule has 1 fully saturated rings. The van der Waals surface area contributed by atoms with Gasteiger partial charge in [-0.2, -0.15) is 0 Å². The molecule has 0 spiro atoms. The smallest absolute Gasteiger partial charge is 0.230 e. The van der Waals surface area contributed by atoms with Crippen molar-refractivity contribution in [3.05, 3.63) is 42.0 Å². The Hall–Kier alpha value is -1.88. The lowest BCUT2D eigenvalue weighted by Gasteiger charge is -2.04. The van der Waals surface area contributed by atoms with Crippen molar-refractivity contribution < 1.29 is 4.79 Å². The molecule has 21 heavy (non-hydrogen) atoms. The number of hydrogen-bond acceptors (Lipinski definition) is 4. The SMILES string of the molecule is Cc1ccc(-c2ccc(SCC(=O)NC3CC3)nn2)cc1. The summed E-state index contributed by atoms with van der Waals surface area (Å²) in [4.78, 5) is 11.6. The second-order valence-electron chi connectivity index (χ2n) is 5.25. The Bertz CT molecular complexity index is 621. The highest BCUT2D eigenvalue weighted by atomic mass is 32.2. The minimum Gasteiger partial charge on any atom is -0.353 e. The van der Waals surface area contributed by atoms with E-state index in [-0.39, 0.29) is 5.91 Å². The van der Waals surface area contributed by atoms with Crippen LogP contribution in [0, 0.1) is 6.92 Å². The summed E-state index contributed by atoms with van der Waals surface area (Å²) in [6, 6.07) is 12.5. The van der Waals surface area contributed by atoms with Crippen LogP contribution in [0.15, 0.2) is 41.4 Å². The van der Waals surface area contributed by atoms with E-state index in [0.717, 1.165) is 29.1 Å². The fourth-order valence-electron chi connectivity index (χ4n) is 1.91. The number of carbonyl (C=O) groups excluding carboxylic acids is 1. The second kappa shape index (κ2) is 6.26. The minimum atomic E-state index is 0.0758. The molecule has 108 valence electrons. The van der Waals surface area contributed by atoms with Crippen molar-refractivity contribution >= 4 is 17.7 Å². The van der Waals surface area contributed by atoms with E-state index in [2.05, 4.69) is 34.6 Å². The van der Waals surface area contributed by atoms with Gasteiger partial charge in [-0.25, -0.2) is 0 Å². The molecule has 2 aromatic rings. The quantitative estimate of drug-likeness (QED) is 0.863. The van der Waals surface area contributed by atoms with Gasteiger partial charge in [-0.1, -0.05) is 41.6 Å². The van der Waals surface area contributed by atoms with Crippen LogP contribution in [-0.4, -0.2) is 27.9 Å². The molecule has 3 rings (SSSR count). The van der Waals surface area contributed by atoms with E-state index < -0.39 is 0 Å². The molecule has 1 aliphatic rings. The number of aromatic nitrogens is 2. The molecule has 0 unspecified atom stereocenters. The Labute approximate surface area is 128 Å². The number of aryl methyl sites for hydroxylation is 1. The summed E-state index contributed by atoms with van der Waals surface area (Å²) in [6.07, 6.45) is 2.23. The Morgan fingerprint density at radius 1 is 1.19 bits per heavy atom. The highest BCUT2D eigenvalue weighted by Gasteiger charge is 2.23. The molecule has 0 bridgehead atoms. The first-order valence-electron chi connectivity index (χ1n) is 7.03. The van der Waals surface area contributed by atoms with E-state index in [1.165, 1.54) is 17.3 Å². The van der Waals surface area contributed by atoms with Crippen LogP contribution in [0.25, 0.3) is 11.3 Å². The lowest BCUT2D eigenvalue weighted by Crippen LogP contribution is -2.27. The molecule has 5 heteroatoms. The van der Waals surface area contributed by atoms with Gasteiger partial charge in [-0.3, -0.25) is 4.79 Å². The van der Waals surface area contributed by atoms with Gasteiger partial charge in [0.25, 0.3) is 0 Å². The van der Waals surface area contributed by atoms with Crippen LogP contribution >= 0.6 is 11.8 Å². The number of rotatable bonds is 5. The summed E-state index contributed by atoms with van der Waals surface area (Å²) in [5, 5.41) is 12.1. The number of nitrogens with one attached hydrogen (secondary N) is 1. The van der Waals surface area contributed by atoms with Gasteiger partial charge in [0.05, 0.1) is 11.4 Å². The van der Waals surface area contributed by atoms with Gasteiger partial charge in [0.15, 0.2) is 0 Å². The number of benzene rings is 1. The number of nitrogens with zero attached hydrogens (tertiary/aromatic N) is 2. The van der Waals surface area contributed by atoms with Crippen LogP contribution in [-0.2, 0) is 4.79 Å². The zero-order chi connectivity index (χ0) is 14.7. The fourth-order valence-corrected chi connectivity index (χ4v) is 2.54. The van der Waals surface area contributed by atoms with Gasteiger partial charge in [-0.15, -0.1) is 10.2 Å². The Morgan fingerprint density at radius 2 is 1.95 bits per heavy atom. The maximum Gasteiger partial charge on any atom is 0.230 e. The Balaban J connectivity index is 1.58. The van der Waals surface area contributed by atoms with Gasteiger partial charge in [0.1, 0.15) is 5.03 Å². The zero-order valence-electron chi connectivity index (χ0n) is 11.9. The molecular formula is C16H17N3OS. The summed E-state index contributed by atoms with van der Waals surface area (Å²) in [7, 11) is 0. The Kier molecular flexibility index (Phi) is 4.20. The average molecular weight is 299 g/mol. The van der Waals surface area contributed by atoms with E-state index in [1.54, 1.807) is 0 Å². The predicted molar refractivity (Wildman–Crippen MR) is 84.1 cm³/mol. The van der Waals surface area contributed by atoms with E-state index in [0.29, 0.717) is 11.8 Å². The molecule has 1 aromatic heterocycles. The molecule has 1 saturated carbocycles. The lowest BCUT2D eigenvalue weighted by atomic mass is 10.1. The highest BCUT2D eigenvalue weighted by Crippen LogP contribution is 2.21. The second-order valence-corrected chi connectivity index (χ2v) is 6.25. The molecule has 1 heterocycles. The Morgan fingerprint density at radius 3 is 2.57 bits per heavy atom. The largest absolute Gasteiger partial charge is 0.353 e. The molecule has 1 N–H and O–H groups in total.